The summed E-state index contributed by atoms with van der Waals surface area (Å²) < 4.78 is 0. The van der Waals surface area contributed by atoms with Crippen LogP contribution in [0.4, 0.5) is 0 Å². The van der Waals surface area contributed by atoms with Crippen LogP contribution in [0, 0.1) is 12.3 Å². The number of benzene rings is 1. The van der Waals surface area contributed by atoms with E-state index in [9.17, 15) is 0 Å². The van der Waals surface area contributed by atoms with Crippen molar-refractivity contribution in [1.29, 1.82) is 5.41 Å². The summed E-state index contributed by atoms with van der Waals surface area (Å²) in [6, 6.07) is 7.64. The fourth-order valence-corrected chi connectivity index (χ4v) is 0.803. The van der Waals surface area contributed by atoms with Crippen LogP contribution in [0.15, 0.2) is 29.3 Å². The third-order valence-electron chi connectivity index (χ3n) is 1.48. The first-order valence-corrected chi connectivity index (χ1v) is 4.78. The van der Waals surface area contributed by atoms with E-state index in [1.54, 1.807) is 0 Å². The van der Waals surface area contributed by atoms with E-state index in [0.717, 1.165) is 5.56 Å². The highest BCUT2D eigenvalue weighted by molar-refractivity contribution is 5.98. The van der Waals surface area contributed by atoms with E-state index in [1.807, 2.05) is 31.2 Å². The van der Waals surface area contributed by atoms with E-state index < -0.39 is 0 Å². The van der Waals surface area contributed by atoms with Gasteiger partial charge in [0.2, 0.25) is 0 Å². The molecule has 0 fully saturated rings. The largest absolute Gasteiger partial charge is 0.282 e. The highest BCUT2D eigenvalue weighted by Crippen LogP contribution is 2.03. The molecule has 0 saturated carbocycles. The van der Waals surface area contributed by atoms with Gasteiger partial charge in [-0.3, -0.25) is 5.41 Å². The number of rotatable bonds is 1. The zero-order chi connectivity index (χ0) is 11.0. The summed E-state index contributed by atoms with van der Waals surface area (Å²) in [6.45, 7) is 9.54. The molecule has 0 aliphatic carbocycles. The summed E-state index contributed by atoms with van der Waals surface area (Å²) in [5, 5.41) is 7.32. The summed E-state index contributed by atoms with van der Waals surface area (Å²) in [5.41, 5.74) is 2.00. The quantitative estimate of drug-likeness (QED) is 0.520. The van der Waals surface area contributed by atoms with Gasteiger partial charge < -0.3 is 0 Å². The SMILES string of the molecule is C=NC(=N)c1ccc(C)cc1.CCC. The first-order valence-electron chi connectivity index (χ1n) is 4.78. The lowest BCUT2D eigenvalue weighted by Crippen LogP contribution is -1.92. The average Bonchev–Trinajstić information content (AvgIpc) is 2.19. The van der Waals surface area contributed by atoms with Gasteiger partial charge in [-0.2, -0.15) is 0 Å². The smallest absolute Gasteiger partial charge is 0.151 e. The molecule has 76 valence electrons. The molecule has 0 radical (unpaired) electrons. The molecule has 0 unspecified atom stereocenters. The van der Waals surface area contributed by atoms with Crippen LogP contribution < -0.4 is 0 Å². The molecule has 0 spiro atoms. The Hall–Kier alpha value is -1.44. The van der Waals surface area contributed by atoms with Crippen molar-refractivity contribution in [3.05, 3.63) is 35.4 Å². The molecule has 0 atom stereocenters. The standard InChI is InChI=1S/C9H10N2.C3H8/c1-7-3-5-8(6-4-7)9(10)11-2;1-3-2/h3-6,10H,2H2,1H3;3H2,1-2H3. The summed E-state index contributed by atoms with van der Waals surface area (Å²) in [6.07, 6.45) is 1.25. The maximum absolute atomic E-state index is 7.32. The number of nitrogens with one attached hydrogen (secondary N) is 1. The molecular weight excluding hydrogens is 172 g/mol. The van der Waals surface area contributed by atoms with Crippen molar-refractivity contribution in [3.63, 3.8) is 0 Å². The summed E-state index contributed by atoms with van der Waals surface area (Å²) in [5.74, 6) is 0.227. The first kappa shape index (κ1) is 12.6. The molecular formula is C12H18N2. The molecule has 0 saturated heterocycles. The molecule has 2 heteroatoms. The zero-order valence-electron chi connectivity index (χ0n) is 9.17. The minimum absolute atomic E-state index is 0.227. The maximum Gasteiger partial charge on any atom is 0.151 e. The Labute approximate surface area is 86.2 Å². The predicted molar refractivity (Wildman–Crippen MR) is 63.5 cm³/mol. The summed E-state index contributed by atoms with van der Waals surface area (Å²) in [7, 11) is 0. The van der Waals surface area contributed by atoms with Crippen LogP contribution >= 0.6 is 0 Å². The van der Waals surface area contributed by atoms with Gasteiger partial charge in [0, 0.05) is 5.56 Å². The van der Waals surface area contributed by atoms with Gasteiger partial charge in [0.05, 0.1) is 0 Å². The lowest BCUT2D eigenvalue weighted by molar-refractivity contribution is 1.09. The first-order chi connectivity index (χ1) is 6.65. The Morgan fingerprint density at radius 1 is 1.29 bits per heavy atom. The van der Waals surface area contributed by atoms with Crippen LogP contribution in [0.2, 0.25) is 0 Å². The molecule has 1 aromatic rings. The van der Waals surface area contributed by atoms with Gasteiger partial charge in [0.1, 0.15) is 0 Å². The zero-order valence-corrected chi connectivity index (χ0v) is 9.17. The second-order valence-electron chi connectivity index (χ2n) is 3.08. The second-order valence-corrected chi connectivity index (χ2v) is 3.08. The highest BCUT2D eigenvalue weighted by Gasteiger charge is 1.94. The number of nitrogens with zero attached hydrogens (tertiary/aromatic N) is 1. The van der Waals surface area contributed by atoms with E-state index in [2.05, 4.69) is 25.6 Å². The van der Waals surface area contributed by atoms with Crippen molar-refractivity contribution in [2.24, 2.45) is 4.99 Å². The number of hydrogen-bond donors (Lipinski definition) is 1. The van der Waals surface area contributed by atoms with Gasteiger partial charge in [-0.25, -0.2) is 4.99 Å². The van der Waals surface area contributed by atoms with Crippen molar-refractivity contribution in [1.82, 2.24) is 0 Å². The molecule has 0 bridgehead atoms. The lowest BCUT2D eigenvalue weighted by Gasteiger charge is -1.96. The topological polar surface area (TPSA) is 36.2 Å². The third kappa shape index (κ3) is 4.55. The average molecular weight is 190 g/mol. The number of hydrogen-bond acceptors (Lipinski definition) is 1. The van der Waals surface area contributed by atoms with Crippen molar-refractivity contribution in [3.8, 4) is 0 Å². The van der Waals surface area contributed by atoms with Crippen molar-refractivity contribution in [2.45, 2.75) is 27.2 Å². The third-order valence-corrected chi connectivity index (χ3v) is 1.48. The molecule has 0 heterocycles. The molecule has 14 heavy (non-hydrogen) atoms. The van der Waals surface area contributed by atoms with Gasteiger partial charge in [0.15, 0.2) is 5.84 Å². The number of aliphatic imine (C=N–C) groups is 1. The Morgan fingerprint density at radius 2 is 1.71 bits per heavy atom. The monoisotopic (exact) mass is 190 g/mol. The van der Waals surface area contributed by atoms with Gasteiger partial charge in [-0.15, -0.1) is 0 Å². The summed E-state index contributed by atoms with van der Waals surface area (Å²) in [4.78, 5) is 3.52. The molecule has 0 aliphatic rings. The van der Waals surface area contributed by atoms with Gasteiger partial charge >= 0.3 is 0 Å². The molecule has 1 N–H and O–H groups in total. The number of aryl methyl sites for hydroxylation is 1. The van der Waals surface area contributed by atoms with E-state index >= 15 is 0 Å². The highest BCUT2D eigenvalue weighted by atomic mass is 14.8. The van der Waals surface area contributed by atoms with Crippen molar-refractivity contribution >= 4 is 12.6 Å². The Morgan fingerprint density at radius 3 is 2.07 bits per heavy atom. The van der Waals surface area contributed by atoms with Crippen LogP contribution in [-0.2, 0) is 0 Å². The van der Waals surface area contributed by atoms with Crippen LogP contribution in [0.3, 0.4) is 0 Å². The van der Waals surface area contributed by atoms with Gasteiger partial charge in [-0.1, -0.05) is 50.1 Å². The van der Waals surface area contributed by atoms with E-state index in [0.29, 0.717) is 0 Å². The summed E-state index contributed by atoms with van der Waals surface area (Å²) >= 11 is 0. The normalized spacial score (nSPS) is 8.50. The van der Waals surface area contributed by atoms with Gasteiger partial charge in [-0.05, 0) is 13.6 Å². The van der Waals surface area contributed by atoms with Crippen molar-refractivity contribution < 1.29 is 0 Å². The van der Waals surface area contributed by atoms with Crippen LogP contribution in [0.25, 0.3) is 0 Å². The Kier molecular flexibility index (Phi) is 6.29. The van der Waals surface area contributed by atoms with E-state index in [-0.39, 0.29) is 5.84 Å². The van der Waals surface area contributed by atoms with E-state index in [4.69, 9.17) is 5.41 Å². The molecule has 1 aromatic carbocycles. The molecule has 1 rings (SSSR count). The minimum atomic E-state index is 0.227. The Bertz CT molecular complexity index is 286. The van der Waals surface area contributed by atoms with Crippen LogP contribution in [0.1, 0.15) is 31.4 Å². The molecule has 0 amide bonds. The van der Waals surface area contributed by atoms with Crippen molar-refractivity contribution in [2.75, 3.05) is 0 Å². The molecule has 2 nitrogen and oxygen atoms in total. The van der Waals surface area contributed by atoms with Crippen LogP contribution in [0.5, 0.6) is 0 Å². The lowest BCUT2D eigenvalue weighted by atomic mass is 10.1. The second kappa shape index (κ2) is 7.01. The fraction of sp³-hybridized carbons (Fsp3) is 0.333. The fourth-order valence-electron chi connectivity index (χ4n) is 0.803. The van der Waals surface area contributed by atoms with E-state index in [1.165, 1.54) is 12.0 Å². The number of amidine groups is 1. The predicted octanol–water partition coefficient (Wildman–Crippen LogP) is 3.44. The maximum atomic E-state index is 7.32. The molecule has 0 aromatic heterocycles. The minimum Gasteiger partial charge on any atom is -0.282 e. The Balaban J connectivity index is 0.000000500. The van der Waals surface area contributed by atoms with Gasteiger partial charge in [0.25, 0.3) is 0 Å². The van der Waals surface area contributed by atoms with Crippen LogP contribution in [-0.4, -0.2) is 12.6 Å². The molecule has 0 aliphatic heterocycles.